The second-order valence-corrected chi connectivity index (χ2v) is 5.39. The minimum atomic E-state index is 0.825. The van der Waals surface area contributed by atoms with Crippen LogP contribution < -0.4 is 11.3 Å². The third-order valence-electron chi connectivity index (χ3n) is 2.17. The molecular weight excluding hydrogens is 298 g/mol. The van der Waals surface area contributed by atoms with Gasteiger partial charge in [0.2, 0.25) is 0 Å². The predicted octanol–water partition coefficient (Wildman–Crippen LogP) is 3.42. The largest absolute Gasteiger partial charge is 0.324 e. The quantitative estimate of drug-likeness (QED) is 0.516. The number of nitrogens with zero attached hydrogens (tertiary/aromatic N) is 1. The van der Waals surface area contributed by atoms with Crippen LogP contribution in [-0.2, 0) is 5.75 Å². The van der Waals surface area contributed by atoms with E-state index in [0.717, 1.165) is 21.6 Å². The summed E-state index contributed by atoms with van der Waals surface area (Å²) in [5.74, 6) is 6.18. The maximum atomic E-state index is 5.36. The van der Waals surface area contributed by atoms with E-state index in [1.165, 1.54) is 4.90 Å². The van der Waals surface area contributed by atoms with Crippen LogP contribution in [0.5, 0.6) is 0 Å². The number of hydrogen-bond donors (Lipinski definition) is 2. The number of rotatable bonds is 4. The van der Waals surface area contributed by atoms with E-state index in [2.05, 4.69) is 38.5 Å². The lowest BCUT2D eigenvalue weighted by Crippen LogP contribution is -2.07. The number of hydrazine groups is 1. The number of nitrogens with one attached hydrogen (secondary N) is 1. The molecule has 3 nitrogen and oxygen atoms in total. The molecule has 0 radical (unpaired) electrons. The van der Waals surface area contributed by atoms with Crippen molar-refractivity contribution >= 4 is 33.4 Å². The fraction of sp³-hybridized carbons (Fsp3) is 0.0833. The number of thioether (sulfide) groups is 1. The summed E-state index contributed by atoms with van der Waals surface area (Å²) in [6.45, 7) is 0. The van der Waals surface area contributed by atoms with Crippen LogP contribution in [0.15, 0.2) is 52.0 Å². The molecule has 1 aromatic carbocycles. The summed E-state index contributed by atoms with van der Waals surface area (Å²) in [5, 5.41) is 0. The van der Waals surface area contributed by atoms with Crippen LogP contribution in [0.2, 0.25) is 0 Å². The number of nitrogens with two attached hydrogens (primary N) is 1. The highest BCUT2D eigenvalue weighted by atomic mass is 79.9. The SMILES string of the molecule is NNc1ccnc(CSc2cccc(Br)c2)c1. The standard InChI is InChI=1S/C12H12BrN3S/c13-9-2-1-3-12(6-9)17-8-11-7-10(16-14)4-5-15-11/h1-7H,8,14H2,(H,15,16). The van der Waals surface area contributed by atoms with Crippen molar-refractivity contribution in [2.24, 2.45) is 5.84 Å². The molecule has 0 spiro atoms. The Labute approximate surface area is 113 Å². The maximum Gasteiger partial charge on any atom is 0.0527 e. The Kier molecular flexibility index (Phi) is 4.42. The van der Waals surface area contributed by atoms with Gasteiger partial charge in [0.25, 0.3) is 0 Å². The molecule has 0 aliphatic rings. The first-order valence-corrected chi connectivity index (χ1v) is 6.86. The summed E-state index contributed by atoms with van der Waals surface area (Å²) in [7, 11) is 0. The van der Waals surface area contributed by atoms with Gasteiger partial charge in [-0.1, -0.05) is 22.0 Å². The molecule has 2 rings (SSSR count). The maximum absolute atomic E-state index is 5.36. The molecule has 0 bridgehead atoms. The van der Waals surface area contributed by atoms with Gasteiger partial charge in [-0.15, -0.1) is 11.8 Å². The lowest BCUT2D eigenvalue weighted by Gasteiger charge is -2.04. The molecule has 0 unspecified atom stereocenters. The summed E-state index contributed by atoms with van der Waals surface area (Å²) in [6, 6.07) is 12.0. The summed E-state index contributed by atoms with van der Waals surface area (Å²) in [4.78, 5) is 5.51. The van der Waals surface area contributed by atoms with Crippen LogP contribution in [0, 0.1) is 0 Å². The van der Waals surface area contributed by atoms with Gasteiger partial charge in [-0.25, -0.2) is 0 Å². The second-order valence-electron chi connectivity index (χ2n) is 3.43. The lowest BCUT2D eigenvalue weighted by molar-refractivity contribution is 1.16. The Hall–Kier alpha value is -1.04. The van der Waals surface area contributed by atoms with Crippen LogP contribution in [-0.4, -0.2) is 4.98 Å². The molecule has 17 heavy (non-hydrogen) atoms. The van der Waals surface area contributed by atoms with Crippen molar-refractivity contribution in [3.05, 3.63) is 52.8 Å². The summed E-state index contributed by atoms with van der Waals surface area (Å²) in [5.41, 5.74) is 4.50. The molecule has 88 valence electrons. The van der Waals surface area contributed by atoms with Gasteiger partial charge >= 0.3 is 0 Å². The Morgan fingerprint density at radius 2 is 2.18 bits per heavy atom. The van der Waals surface area contributed by atoms with E-state index < -0.39 is 0 Å². The Morgan fingerprint density at radius 1 is 1.29 bits per heavy atom. The highest BCUT2D eigenvalue weighted by Crippen LogP contribution is 2.25. The lowest BCUT2D eigenvalue weighted by atomic mass is 10.3. The van der Waals surface area contributed by atoms with E-state index >= 15 is 0 Å². The zero-order valence-electron chi connectivity index (χ0n) is 9.06. The fourth-order valence-corrected chi connectivity index (χ4v) is 2.77. The Morgan fingerprint density at radius 3 is 2.94 bits per heavy atom. The predicted molar refractivity (Wildman–Crippen MR) is 75.8 cm³/mol. The van der Waals surface area contributed by atoms with Gasteiger partial charge in [-0.2, -0.15) is 0 Å². The third kappa shape index (κ3) is 3.73. The number of halogens is 1. The number of pyridine rings is 1. The third-order valence-corrected chi connectivity index (χ3v) is 3.69. The number of nitrogen functional groups attached to an aromatic ring is 1. The summed E-state index contributed by atoms with van der Waals surface area (Å²) >= 11 is 5.20. The highest BCUT2D eigenvalue weighted by molar-refractivity contribution is 9.10. The van der Waals surface area contributed by atoms with Crippen molar-refractivity contribution in [1.29, 1.82) is 0 Å². The van der Waals surface area contributed by atoms with Crippen LogP contribution in [0.25, 0.3) is 0 Å². The molecule has 0 saturated carbocycles. The van der Waals surface area contributed by atoms with Gasteiger partial charge in [0.1, 0.15) is 0 Å². The van der Waals surface area contributed by atoms with E-state index in [4.69, 9.17) is 5.84 Å². The van der Waals surface area contributed by atoms with E-state index in [9.17, 15) is 0 Å². The molecule has 0 amide bonds. The first-order chi connectivity index (χ1) is 8.28. The molecule has 5 heteroatoms. The average Bonchev–Trinajstić information content (AvgIpc) is 2.37. The Bertz CT molecular complexity index is 505. The smallest absolute Gasteiger partial charge is 0.0527 e. The molecule has 0 aliphatic carbocycles. The van der Waals surface area contributed by atoms with Gasteiger partial charge in [0, 0.05) is 21.3 Å². The molecule has 0 fully saturated rings. The number of benzene rings is 1. The number of anilines is 1. The molecule has 1 heterocycles. The van der Waals surface area contributed by atoms with Gasteiger partial charge < -0.3 is 5.43 Å². The average molecular weight is 310 g/mol. The van der Waals surface area contributed by atoms with Gasteiger partial charge in [0.05, 0.1) is 11.4 Å². The Balaban J connectivity index is 2.02. The van der Waals surface area contributed by atoms with Crippen molar-refractivity contribution in [3.63, 3.8) is 0 Å². The molecule has 3 N–H and O–H groups in total. The fourth-order valence-electron chi connectivity index (χ4n) is 1.36. The van der Waals surface area contributed by atoms with Gasteiger partial charge in [0.15, 0.2) is 0 Å². The number of aromatic nitrogens is 1. The summed E-state index contributed by atoms with van der Waals surface area (Å²) < 4.78 is 1.09. The van der Waals surface area contributed by atoms with Gasteiger partial charge in [-0.3, -0.25) is 10.8 Å². The van der Waals surface area contributed by atoms with E-state index in [1.54, 1.807) is 18.0 Å². The first kappa shape index (κ1) is 12.4. The molecule has 2 aromatic rings. The normalized spacial score (nSPS) is 10.2. The van der Waals surface area contributed by atoms with Crippen LogP contribution >= 0.6 is 27.7 Å². The summed E-state index contributed by atoms with van der Waals surface area (Å²) in [6.07, 6.45) is 1.76. The molecule has 0 atom stereocenters. The second kappa shape index (κ2) is 6.05. The van der Waals surface area contributed by atoms with Crippen LogP contribution in [0.1, 0.15) is 5.69 Å². The van der Waals surface area contributed by atoms with Crippen molar-refractivity contribution in [1.82, 2.24) is 4.98 Å². The molecular formula is C12H12BrN3S. The van der Waals surface area contributed by atoms with Crippen molar-refractivity contribution in [2.75, 3.05) is 5.43 Å². The van der Waals surface area contributed by atoms with Crippen molar-refractivity contribution in [3.8, 4) is 0 Å². The van der Waals surface area contributed by atoms with Gasteiger partial charge in [-0.05, 0) is 30.3 Å². The molecule has 1 aromatic heterocycles. The minimum absolute atomic E-state index is 0.825. The minimum Gasteiger partial charge on any atom is -0.324 e. The van der Waals surface area contributed by atoms with Crippen molar-refractivity contribution < 1.29 is 0 Å². The number of hydrogen-bond acceptors (Lipinski definition) is 4. The van der Waals surface area contributed by atoms with Crippen molar-refractivity contribution in [2.45, 2.75) is 10.6 Å². The highest BCUT2D eigenvalue weighted by Gasteiger charge is 1.99. The van der Waals surface area contributed by atoms with Crippen LogP contribution in [0.3, 0.4) is 0 Å². The van der Waals surface area contributed by atoms with Crippen LogP contribution in [0.4, 0.5) is 5.69 Å². The monoisotopic (exact) mass is 309 g/mol. The molecule has 0 aliphatic heterocycles. The first-order valence-electron chi connectivity index (χ1n) is 5.08. The van der Waals surface area contributed by atoms with E-state index in [-0.39, 0.29) is 0 Å². The zero-order chi connectivity index (χ0) is 12.1. The van der Waals surface area contributed by atoms with E-state index in [0.29, 0.717) is 0 Å². The van der Waals surface area contributed by atoms with E-state index in [1.807, 2.05) is 24.3 Å². The molecule has 0 saturated heterocycles. The topological polar surface area (TPSA) is 50.9 Å². The zero-order valence-corrected chi connectivity index (χ0v) is 11.5.